The minimum Gasteiger partial charge on any atom is -0.388 e. The van der Waals surface area contributed by atoms with Gasteiger partial charge in [-0.05, 0) is 312 Å². The molecule has 10 aromatic rings. The number of carbonyl (C=O) groups is 5. The average Bonchev–Trinajstić information content (AvgIpc) is 0.746. The molecule has 5 heterocycles. The number of rotatable bonds is 32. The van der Waals surface area contributed by atoms with Crippen LogP contribution >= 0.6 is 0 Å². The van der Waals surface area contributed by atoms with Gasteiger partial charge in [0.25, 0.3) is 12.9 Å². The Bertz CT molecular complexity index is 5370. The van der Waals surface area contributed by atoms with Gasteiger partial charge < -0.3 is 26.2 Å². The normalized spacial score (nSPS) is 18.6. The van der Waals surface area contributed by atoms with Crippen molar-refractivity contribution >= 4 is 28.9 Å². The largest absolute Gasteiger partial charge is 0.388 e. The maximum atomic E-state index is 13.7. The number of Topliss-reactive ketones (excluding diaryl/α,β-unsaturated/α-hetero) is 5. The molecule has 0 bridgehead atoms. The fourth-order valence-electron chi connectivity index (χ4n) is 22.0. The fourth-order valence-corrected chi connectivity index (χ4v) is 22.0. The minimum atomic E-state index is -3.00. The van der Waals surface area contributed by atoms with Crippen molar-refractivity contribution in [2.45, 2.75) is 300 Å². The van der Waals surface area contributed by atoms with Gasteiger partial charge >= 0.3 is 0 Å². The molecule has 6 N–H and O–H groups in total. The predicted octanol–water partition coefficient (Wildman–Crippen LogP) is 24.5. The predicted molar refractivity (Wildman–Crippen MR) is 566 cm³/mol. The second kappa shape index (κ2) is 50.4. The zero-order valence-corrected chi connectivity index (χ0v) is 86.1. The lowest BCUT2D eigenvalue weighted by Gasteiger charge is -2.50. The van der Waals surface area contributed by atoms with E-state index in [9.17, 15) is 62.0 Å². The van der Waals surface area contributed by atoms with Crippen LogP contribution in [0.5, 0.6) is 0 Å². The molecular weight excluding hydrogens is 1770 g/mol. The van der Waals surface area contributed by atoms with Crippen LogP contribution in [0.2, 0.25) is 0 Å². The first-order chi connectivity index (χ1) is 67.1. The van der Waals surface area contributed by atoms with E-state index in [0.717, 1.165) is 128 Å². The van der Waals surface area contributed by atoms with Crippen molar-refractivity contribution in [3.8, 4) is 55.6 Å². The van der Waals surface area contributed by atoms with Crippen LogP contribution in [0, 0.1) is 0 Å². The highest BCUT2D eigenvalue weighted by Gasteiger charge is 2.58. The second-order valence-electron chi connectivity index (χ2n) is 41.8. The fraction of sp³-hybridized carbons (Fsp3) is 0.467. The smallest absolute Gasteiger partial charge is 0.268 e. The molecule has 19 heteroatoms. The number of carbonyl (C=O) groups excluding carboxylic acids is 5. The zero-order chi connectivity index (χ0) is 102. The Balaban J connectivity index is 0.000000169. The first kappa shape index (κ1) is 111. The van der Waals surface area contributed by atoms with E-state index in [-0.39, 0.29) is 47.8 Å². The molecule has 141 heavy (non-hydrogen) atoms. The van der Waals surface area contributed by atoms with E-state index >= 15 is 0 Å². The lowest BCUT2D eigenvalue weighted by atomic mass is 9.75. The molecule has 7 unspecified atom stereocenters. The summed E-state index contributed by atoms with van der Waals surface area (Å²) in [6.07, 6.45) is 5.03. The highest BCUT2D eigenvalue weighted by atomic mass is 19.3. The third-order valence-corrected chi connectivity index (χ3v) is 31.0. The number of ketones is 5. The minimum absolute atomic E-state index is 0.111. The molecule has 0 saturated carbocycles. The van der Waals surface area contributed by atoms with E-state index in [1.807, 2.05) is 96.1 Å². The van der Waals surface area contributed by atoms with Crippen LogP contribution in [0.25, 0.3) is 55.6 Å². The van der Waals surface area contributed by atoms with Gasteiger partial charge in [0, 0.05) is 37.6 Å². The number of likely N-dealkylation sites (tertiary alicyclic amines) is 5. The van der Waals surface area contributed by atoms with Crippen molar-refractivity contribution in [1.82, 2.24) is 24.5 Å². The summed E-state index contributed by atoms with van der Waals surface area (Å²) in [7, 11) is 0. The van der Waals surface area contributed by atoms with Crippen LogP contribution in [-0.4, -0.2) is 209 Å². The summed E-state index contributed by atoms with van der Waals surface area (Å²) in [6.45, 7) is 32.8. The monoisotopic (exact) mass is 1930 g/mol. The van der Waals surface area contributed by atoms with Gasteiger partial charge in [-0.3, -0.25) is 48.5 Å². The maximum absolute atomic E-state index is 13.7. The number of alkyl halides is 4. The number of benzene rings is 10. The van der Waals surface area contributed by atoms with Crippen LogP contribution in [0.15, 0.2) is 273 Å². The highest BCUT2D eigenvalue weighted by Crippen LogP contribution is 2.44. The molecule has 10 aromatic carbocycles. The Kier molecular flexibility index (Phi) is 39.8. The van der Waals surface area contributed by atoms with Crippen LogP contribution in [-0.2, 0) is 24.0 Å². The number of piperidine rings is 5. The summed E-state index contributed by atoms with van der Waals surface area (Å²) in [6, 6.07) is 93.8. The Morgan fingerprint density at radius 2 is 0.489 bits per heavy atom. The van der Waals surface area contributed by atoms with Gasteiger partial charge in [0.15, 0.2) is 28.9 Å². The lowest BCUT2D eigenvalue weighted by Crippen LogP contribution is -2.69. The van der Waals surface area contributed by atoms with Gasteiger partial charge in [-0.25, -0.2) is 17.6 Å². The molecular formula is C122H156F4N6O9. The Hall–Kier alpha value is -10.1. The topological polar surface area (TPSA) is 208 Å². The Morgan fingerprint density at radius 3 is 0.702 bits per heavy atom. The molecule has 5 aliphatic rings. The summed E-state index contributed by atoms with van der Waals surface area (Å²) < 4.78 is 54.1. The summed E-state index contributed by atoms with van der Waals surface area (Å²) >= 11 is 0. The molecule has 5 aliphatic heterocycles. The molecule has 7 atom stereocenters. The third kappa shape index (κ3) is 27.9. The number of halogens is 4. The van der Waals surface area contributed by atoms with Gasteiger partial charge in [-0.1, -0.05) is 308 Å². The summed E-state index contributed by atoms with van der Waals surface area (Å²) in [4.78, 5) is 72.8. The van der Waals surface area contributed by atoms with Gasteiger partial charge in [0.2, 0.25) is 0 Å². The number of aliphatic hydroxyl groups is 4. The van der Waals surface area contributed by atoms with Gasteiger partial charge in [0.1, 0.15) is 28.3 Å². The number of nitrogens with two attached hydrogens (primary N) is 1. The zero-order valence-electron chi connectivity index (χ0n) is 86.1. The molecule has 0 aliphatic carbocycles. The van der Waals surface area contributed by atoms with E-state index in [1.165, 1.54) is 79.2 Å². The molecule has 0 spiro atoms. The number of hydrogen-bond acceptors (Lipinski definition) is 15. The molecule has 0 amide bonds. The van der Waals surface area contributed by atoms with Crippen LogP contribution in [0.3, 0.4) is 0 Å². The van der Waals surface area contributed by atoms with E-state index in [2.05, 4.69) is 233 Å². The average molecular weight is 1930 g/mol. The molecule has 756 valence electrons. The van der Waals surface area contributed by atoms with Crippen molar-refractivity contribution in [1.29, 1.82) is 0 Å². The number of nitrogens with zero attached hydrogens (tertiary/aromatic N) is 5. The standard InChI is InChI=1S/C25H31F2NO2.C25H33NO2.C24H29F2NO2.C24H32N2O.C24H31NO2/c1-4-22(29)24(2,25(3,30)23(26)27)28-16-14-21(15-17-28)20-12-10-19(11-13-20)18-8-6-5-7-9-18;1-5-23(27)25(4,24(2,3)28)26-17-15-22(16-18-26)21-13-11-20(12-14-21)19-9-7-6-8-10-19;1-3-21(28)22(24(2,29)23(25)26)27-15-13-20(14-16-27)19-11-9-18(10-12-19)17-7-5-4-6-8-17;1-4-22(27)23(24(2,3)25)26-16-14-21(15-17-26)20-12-10-19(11-13-20)18-8-6-5-7-9-18;1-4-22(26)23(24(2,3)27)25-16-14-21(15-17-25)20-12-10-19(11-13-20)18-8-6-5-7-9-18/h5-13,21,23,30H,4,14-17H2,1-3H3;6-14,22,28H,5,15-18H2,1-4H3;4-12,20,22-23,29H,3,13-16H2,1-2H3;5-13,21,23H,4,14-17,25H2,1-3H3;5-13,21,23,27H,4,14-17H2,1-3H3. The quantitative estimate of drug-likeness (QED) is 0.0249. The molecule has 0 aromatic heterocycles. The summed E-state index contributed by atoms with van der Waals surface area (Å²) in [5.41, 5.74) is 15.3. The van der Waals surface area contributed by atoms with Gasteiger partial charge in [-0.15, -0.1) is 0 Å². The van der Waals surface area contributed by atoms with Crippen molar-refractivity contribution in [2.75, 3.05) is 65.4 Å². The van der Waals surface area contributed by atoms with Crippen molar-refractivity contribution in [3.63, 3.8) is 0 Å². The van der Waals surface area contributed by atoms with Crippen LogP contribution in [0.4, 0.5) is 17.6 Å². The second-order valence-corrected chi connectivity index (χ2v) is 41.8. The molecule has 5 fully saturated rings. The van der Waals surface area contributed by atoms with E-state index < -0.39 is 64.0 Å². The van der Waals surface area contributed by atoms with E-state index in [4.69, 9.17) is 5.73 Å². The molecule has 15 rings (SSSR count). The van der Waals surface area contributed by atoms with Crippen molar-refractivity contribution in [2.24, 2.45) is 5.73 Å². The third-order valence-electron chi connectivity index (χ3n) is 31.0. The van der Waals surface area contributed by atoms with Gasteiger partial charge in [0.05, 0.1) is 23.3 Å². The molecule has 0 radical (unpaired) electrons. The lowest BCUT2D eigenvalue weighted by molar-refractivity contribution is -0.184. The Labute approximate surface area is 837 Å². The highest BCUT2D eigenvalue weighted by molar-refractivity contribution is 5.90. The van der Waals surface area contributed by atoms with Crippen molar-refractivity contribution < 1.29 is 62.0 Å². The van der Waals surface area contributed by atoms with Gasteiger partial charge in [-0.2, -0.15) is 0 Å². The van der Waals surface area contributed by atoms with Crippen LogP contribution < -0.4 is 5.73 Å². The first-order valence-electron chi connectivity index (χ1n) is 51.5. The Morgan fingerprint density at radius 1 is 0.284 bits per heavy atom. The molecule has 5 saturated heterocycles. The van der Waals surface area contributed by atoms with E-state index in [1.54, 1.807) is 51.3 Å². The SMILES string of the molecule is CCC(=O)C(C)(N1CCC(c2ccc(-c3ccccc3)cc2)CC1)C(C)(C)O.CCC(=O)C(C)(N1CCC(c2ccc(-c3ccccc3)cc2)CC1)C(C)(O)C(F)F.CCC(=O)C(N1CCC(c2ccc(-c3ccccc3)cc2)CC1)C(C)(C)N.CCC(=O)C(N1CCC(c2ccc(-c3ccccc3)cc2)CC1)C(C)(C)O.CCC(=O)C(N1CCC(c2ccc(-c3ccccc3)cc2)CC1)C(C)(O)C(F)F. The first-order valence-corrected chi connectivity index (χ1v) is 51.5. The maximum Gasteiger partial charge on any atom is 0.268 e. The van der Waals surface area contributed by atoms with Crippen molar-refractivity contribution in [3.05, 3.63) is 301 Å². The molecule has 15 nitrogen and oxygen atoms in total. The summed E-state index contributed by atoms with van der Waals surface area (Å²) in [5, 5.41) is 42.1. The number of hydrogen-bond donors (Lipinski definition) is 5. The summed E-state index contributed by atoms with van der Waals surface area (Å²) in [5.74, 6) is 2.04. The van der Waals surface area contributed by atoms with E-state index in [0.29, 0.717) is 75.0 Å². The van der Waals surface area contributed by atoms with Crippen LogP contribution in [0.1, 0.15) is 258 Å².